The molecular formula is C6H8O2S. The van der Waals surface area contributed by atoms with Crippen LogP contribution in [-0.4, -0.2) is 16.7 Å². The summed E-state index contributed by atoms with van der Waals surface area (Å²) in [6.45, 7) is 0. The molecule has 2 atom stereocenters. The summed E-state index contributed by atoms with van der Waals surface area (Å²) >= 11 is 1.38. The summed E-state index contributed by atoms with van der Waals surface area (Å²) in [4.78, 5) is 10.6. The first-order chi connectivity index (χ1) is 4.36. The highest BCUT2D eigenvalue weighted by Crippen LogP contribution is 2.39. The van der Waals surface area contributed by atoms with Gasteiger partial charge in [-0.1, -0.05) is 0 Å². The minimum atomic E-state index is -0.0651. The molecule has 1 aliphatic carbocycles. The molecule has 2 unspecified atom stereocenters. The Morgan fingerprint density at radius 2 is 2.44 bits per heavy atom. The van der Waals surface area contributed by atoms with Gasteiger partial charge in [0.05, 0.1) is 5.25 Å². The number of hydrogen-bond donors (Lipinski definition) is 0. The molecule has 9 heavy (non-hydrogen) atoms. The van der Waals surface area contributed by atoms with Crippen molar-refractivity contribution in [3.63, 3.8) is 0 Å². The summed E-state index contributed by atoms with van der Waals surface area (Å²) in [7, 11) is 0. The molecule has 3 heteroatoms. The minimum Gasteiger partial charge on any atom is -0.453 e. The molecule has 2 rings (SSSR count). The second kappa shape index (κ2) is 1.90. The Bertz CT molecular complexity index is 132. The van der Waals surface area contributed by atoms with Gasteiger partial charge >= 0.3 is 5.30 Å². The Kier molecular flexibility index (Phi) is 1.18. The lowest BCUT2D eigenvalue weighted by molar-refractivity contribution is 0.139. The van der Waals surface area contributed by atoms with Crippen molar-refractivity contribution in [2.24, 2.45) is 0 Å². The van der Waals surface area contributed by atoms with Crippen molar-refractivity contribution >= 4 is 17.1 Å². The molecule has 1 saturated heterocycles. The van der Waals surface area contributed by atoms with Crippen molar-refractivity contribution in [1.29, 1.82) is 0 Å². The number of ether oxygens (including phenoxy) is 1. The Hall–Kier alpha value is -0.180. The highest BCUT2D eigenvalue weighted by Gasteiger charge is 2.38. The van der Waals surface area contributed by atoms with Crippen LogP contribution >= 0.6 is 11.8 Å². The van der Waals surface area contributed by atoms with Crippen LogP contribution in [0.5, 0.6) is 0 Å². The van der Waals surface area contributed by atoms with Gasteiger partial charge in [-0.05, 0) is 31.0 Å². The zero-order chi connectivity index (χ0) is 6.27. The summed E-state index contributed by atoms with van der Waals surface area (Å²) in [5.74, 6) is 0. The zero-order valence-electron chi connectivity index (χ0n) is 5.00. The van der Waals surface area contributed by atoms with E-state index in [1.807, 2.05) is 0 Å². The van der Waals surface area contributed by atoms with E-state index in [1.165, 1.54) is 24.6 Å². The van der Waals surface area contributed by atoms with E-state index in [9.17, 15) is 4.79 Å². The van der Waals surface area contributed by atoms with Crippen LogP contribution in [0.1, 0.15) is 19.3 Å². The summed E-state index contributed by atoms with van der Waals surface area (Å²) in [5, 5.41) is 0.433. The third kappa shape index (κ3) is 0.834. The molecule has 2 nitrogen and oxygen atoms in total. The van der Waals surface area contributed by atoms with Crippen LogP contribution < -0.4 is 0 Å². The average Bonchev–Trinajstić information content (AvgIpc) is 2.22. The third-order valence-electron chi connectivity index (χ3n) is 1.89. The molecule has 2 fully saturated rings. The highest BCUT2D eigenvalue weighted by atomic mass is 32.2. The molecule has 0 N–H and O–H groups in total. The first-order valence-electron chi connectivity index (χ1n) is 3.23. The molecule has 0 aromatic heterocycles. The summed E-state index contributed by atoms with van der Waals surface area (Å²) in [6.07, 6.45) is 3.75. The molecule has 0 aromatic rings. The fourth-order valence-electron chi connectivity index (χ4n) is 1.44. The van der Waals surface area contributed by atoms with Gasteiger partial charge in [-0.3, -0.25) is 0 Å². The number of rotatable bonds is 0. The maximum absolute atomic E-state index is 10.6. The highest BCUT2D eigenvalue weighted by molar-refractivity contribution is 8.14. The largest absolute Gasteiger partial charge is 0.453 e. The predicted molar refractivity (Wildman–Crippen MR) is 35.5 cm³/mol. The monoisotopic (exact) mass is 144 g/mol. The second-order valence-electron chi connectivity index (χ2n) is 2.49. The van der Waals surface area contributed by atoms with Gasteiger partial charge in [-0.25, -0.2) is 4.79 Å². The zero-order valence-corrected chi connectivity index (χ0v) is 5.82. The standard InChI is InChI=1S/C6H8O2S/c7-6-8-4-2-1-3-5(4)9-6/h4-5H,1-3H2. The van der Waals surface area contributed by atoms with Gasteiger partial charge < -0.3 is 4.74 Å². The van der Waals surface area contributed by atoms with Crippen LogP contribution in [0.2, 0.25) is 0 Å². The van der Waals surface area contributed by atoms with Crippen molar-refractivity contribution in [3.8, 4) is 0 Å². The van der Waals surface area contributed by atoms with Crippen LogP contribution in [0.4, 0.5) is 4.79 Å². The maximum atomic E-state index is 10.6. The number of fused-ring (bicyclic) bond motifs is 1. The Morgan fingerprint density at radius 3 is 3.22 bits per heavy atom. The van der Waals surface area contributed by atoms with Crippen LogP contribution in [0.3, 0.4) is 0 Å². The summed E-state index contributed by atoms with van der Waals surface area (Å²) in [6, 6.07) is 0. The van der Waals surface area contributed by atoms with Crippen LogP contribution in [0, 0.1) is 0 Å². The lowest BCUT2D eigenvalue weighted by atomic mass is 10.3. The van der Waals surface area contributed by atoms with Crippen LogP contribution in [0.25, 0.3) is 0 Å². The van der Waals surface area contributed by atoms with Gasteiger partial charge in [-0.2, -0.15) is 0 Å². The molecule has 0 radical (unpaired) electrons. The SMILES string of the molecule is O=C1OC2CCCC2S1. The van der Waals surface area contributed by atoms with E-state index in [0.717, 1.165) is 6.42 Å². The van der Waals surface area contributed by atoms with E-state index in [2.05, 4.69) is 0 Å². The normalized spacial score (nSPS) is 40.7. The molecule has 1 heterocycles. The lowest BCUT2D eigenvalue weighted by Gasteiger charge is -2.01. The van der Waals surface area contributed by atoms with Gasteiger partial charge in [0.2, 0.25) is 0 Å². The third-order valence-corrected chi connectivity index (χ3v) is 3.02. The number of thioether (sulfide) groups is 1. The van der Waals surface area contributed by atoms with E-state index in [0.29, 0.717) is 5.25 Å². The fourth-order valence-corrected chi connectivity index (χ4v) is 2.49. The van der Waals surface area contributed by atoms with Crippen molar-refractivity contribution in [3.05, 3.63) is 0 Å². The van der Waals surface area contributed by atoms with Crippen molar-refractivity contribution in [2.45, 2.75) is 30.6 Å². The molecule has 0 aromatic carbocycles. The predicted octanol–water partition coefficient (Wildman–Crippen LogP) is 1.79. The molecule has 1 aliphatic heterocycles. The summed E-state index contributed by atoms with van der Waals surface area (Å²) in [5.41, 5.74) is 0. The van der Waals surface area contributed by atoms with Gasteiger partial charge in [-0.15, -0.1) is 0 Å². The Balaban J connectivity index is 2.09. The number of carbonyl (C=O) groups excluding carboxylic acids is 1. The smallest absolute Gasteiger partial charge is 0.368 e. The first-order valence-corrected chi connectivity index (χ1v) is 4.11. The quantitative estimate of drug-likeness (QED) is 0.485. The second-order valence-corrected chi connectivity index (χ2v) is 3.67. The van der Waals surface area contributed by atoms with Gasteiger partial charge in [0.25, 0.3) is 0 Å². The van der Waals surface area contributed by atoms with E-state index in [4.69, 9.17) is 4.74 Å². The van der Waals surface area contributed by atoms with Crippen molar-refractivity contribution in [1.82, 2.24) is 0 Å². The van der Waals surface area contributed by atoms with E-state index < -0.39 is 0 Å². The molecule has 0 bridgehead atoms. The van der Waals surface area contributed by atoms with Crippen molar-refractivity contribution < 1.29 is 9.53 Å². The van der Waals surface area contributed by atoms with Gasteiger partial charge in [0.1, 0.15) is 6.10 Å². The lowest BCUT2D eigenvalue weighted by Crippen LogP contribution is -2.10. The Morgan fingerprint density at radius 1 is 1.56 bits per heavy atom. The average molecular weight is 144 g/mol. The number of carbonyl (C=O) groups is 1. The molecule has 2 aliphatic rings. The summed E-state index contributed by atoms with van der Waals surface area (Å²) < 4.78 is 5.01. The van der Waals surface area contributed by atoms with Gasteiger partial charge in [0.15, 0.2) is 0 Å². The van der Waals surface area contributed by atoms with E-state index in [-0.39, 0.29) is 11.4 Å². The van der Waals surface area contributed by atoms with Crippen LogP contribution in [0.15, 0.2) is 0 Å². The maximum Gasteiger partial charge on any atom is 0.368 e. The van der Waals surface area contributed by atoms with Crippen molar-refractivity contribution in [2.75, 3.05) is 0 Å². The first kappa shape index (κ1) is 5.59. The van der Waals surface area contributed by atoms with Crippen LogP contribution in [-0.2, 0) is 4.74 Å². The molecule has 0 amide bonds. The fraction of sp³-hybridized carbons (Fsp3) is 0.833. The van der Waals surface area contributed by atoms with E-state index >= 15 is 0 Å². The molecule has 50 valence electrons. The minimum absolute atomic E-state index is 0.0651. The number of hydrogen-bond acceptors (Lipinski definition) is 3. The van der Waals surface area contributed by atoms with Gasteiger partial charge in [0, 0.05) is 0 Å². The molecular weight excluding hydrogens is 136 g/mol. The Labute approximate surface area is 58.0 Å². The van der Waals surface area contributed by atoms with E-state index in [1.54, 1.807) is 0 Å². The molecule has 1 saturated carbocycles. The topological polar surface area (TPSA) is 26.3 Å². The molecule has 0 spiro atoms.